The van der Waals surface area contributed by atoms with Gasteiger partial charge in [0.1, 0.15) is 0 Å². The number of rotatable bonds is 5. The summed E-state index contributed by atoms with van der Waals surface area (Å²) >= 11 is 11.5. The third-order valence-corrected chi connectivity index (χ3v) is 5.10. The van der Waals surface area contributed by atoms with E-state index in [4.69, 9.17) is 23.8 Å². The maximum atomic E-state index is 11.7. The second-order valence-electron chi connectivity index (χ2n) is 6.51. The number of benzene rings is 2. The fourth-order valence-corrected chi connectivity index (χ4v) is 3.25. The molecule has 1 heterocycles. The Morgan fingerprint density at radius 3 is 2.58 bits per heavy atom. The topological polar surface area (TPSA) is 44.4 Å². The zero-order chi connectivity index (χ0) is 18.5. The number of thiocarbonyl (C=S) groups is 1. The van der Waals surface area contributed by atoms with Crippen LogP contribution >= 0.6 is 23.8 Å². The minimum atomic E-state index is 0.253. The molecule has 1 saturated heterocycles. The number of carbonyl (C=O) groups excluding carboxylic acids is 1. The summed E-state index contributed by atoms with van der Waals surface area (Å²) in [5.41, 5.74) is 4.18. The molecule has 2 aromatic carbocycles. The van der Waals surface area contributed by atoms with Crippen LogP contribution < -0.4 is 10.6 Å². The number of halogens is 1. The number of nitrogens with zero attached hydrogens (tertiary/aromatic N) is 1. The van der Waals surface area contributed by atoms with E-state index in [9.17, 15) is 4.79 Å². The van der Waals surface area contributed by atoms with Crippen LogP contribution in [0.1, 0.15) is 29.5 Å². The number of likely N-dealkylation sites (tertiary alicyclic amines) is 1. The fourth-order valence-electron chi connectivity index (χ4n) is 2.88. The van der Waals surface area contributed by atoms with Crippen molar-refractivity contribution >= 4 is 40.5 Å². The molecule has 6 heteroatoms. The fraction of sp³-hybridized carbons (Fsp3) is 0.300. The highest BCUT2D eigenvalue weighted by molar-refractivity contribution is 7.80. The summed E-state index contributed by atoms with van der Waals surface area (Å²) in [4.78, 5) is 13.6. The van der Waals surface area contributed by atoms with Gasteiger partial charge in [-0.25, -0.2) is 0 Å². The molecule has 3 rings (SSSR count). The van der Waals surface area contributed by atoms with Crippen LogP contribution in [0.25, 0.3) is 0 Å². The van der Waals surface area contributed by atoms with Crippen molar-refractivity contribution in [2.45, 2.75) is 32.9 Å². The molecule has 0 saturated carbocycles. The summed E-state index contributed by atoms with van der Waals surface area (Å²) in [6.07, 6.45) is 1.65. The first-order valence-electron chi connectivity index (χ1n) is 8.68. The molecular weight excluding hydrogens is 366 g/mol. The second kappa shape index (κ2) is 8.52. The molecule has 1 aliphatic rings. The minimum absolute atomic E-state index is 0.253. The number of hydrogen-bond donors (Lipinski definition) is 2. The van der Waals surface area contributed by atoms with E-state index in [-0.39, 0.29) is 5.91 Å². The van der Waals surface area contributed by atoms with Gasteiger partial charge in [-0.15, -0.1) is 0 Å². The Hall–Kier alpha value is -2.11. The lowest BCUT2D eigenvalue weighted by molar-refractivity contribution is -0.128. The lowest BCUT2D eigenvalue weighted by Crippen LogP contribution is -2.28. The highest BCUT2D eigenvalue weighted by Gasteiger charge is 2.19. The standard InChI is InChI=1S/C20H22ClN3OS/c1-14-4-9-17(11-18(14)21)23-20(26)22-12-15-5-7-16(8-6-15)13-24-10-2-3-19(24)25/h4-9,11H,2-3,10,12-13H2,1H3,(H2,22,23,26). The van der Waals surface area contributed by atoms with E-state index in [0.717, 1.165) is 35.3 Å². The number of aryl methyl sites for hydroxylation is 1. The van der Waals surface area contributed by atoms with Crippen LogP contribution in [-0.2, 0) is 17.9 Å². The van der Waals surface area contributed by atoms with Crippen molar-refractivity contribution in [3.63, 3.8) is 0 Å². The molecule has 0 bridgehead atoms. The van der Waals surface area contributed by atoms with Crippen LogP contribution in [0, 0.1) is 6.92 Å². The quantitative estimate of drug-likeness (QED) is 0.752. The summed E-state index contributed by atoms with van der Waals surface area (Å²) in [7, 11) is 0. The van der Waals surface area contributed by atoms with E-state index < -0.39 is 0 Å². The summed E-state index contributed by atoms with van der Waals surface area (Å²) in [6.45, 7) is 4.16. The van der Waals surface area contributed by atoms with Crippen molar-refractivity contribution in [3.8, 4) is 0 Å². The molecule has 4 nitrogen and oxygen atoms in total. The number of nitrogens with one attached hydrogen (secondary N) is 2. The van der Waals surface area contributed by atoms with E-state index >= 15 is 0 Å². The molecule has 0 spiro atoms. The second-order valence-corrected chi connectivity index (χ2v) is 7.32. The maximum absolute atomic E-state index is 11.7. The summed E-state index contributed by atoms with van der Waals surface area (Å²) in [6, 6.07) is 14.0. The first kappa shape index (κ1) is 18.7. The van der Waals surface area contributed by atoms with Crippen molar-refractivity contribution < 1.29 is 4.79 Å². The Kier molecular flexibility index (Phi) is 6.12. The van der Waals surface area contributed by atoms with Crippen LogP contribution in [0.3, 0.4) is 0 Å². The van der Waals surface area contributed by atoms with Gasteiger partial charge < -0.3 is 15.5 Å². The number of anilines is 1. The average molecular weight is 388 g/mol. The third-order valence-electron chi connectivity index (χ3n) is 4.45. The molecule has 2 aromatic rings. The lowest BCUT2D eigenvalue weighted by atomic mass is 10.1. The molecule has 26 heavy (non-hydrogen) atoms. The Morgan fingerprint density at radius 2 is 1.92 bits per heavy atom. The van der Waals surface area contributed by atoms with Crippen molar-refractivity contribution in [1.29, 1.82) is 0 Å². The Bertz CT molecular complexity index is 807. The van der Waals surface area contributed by atoms with Gasteiger partial charge in [0.15, 0.2) is 5.11 Å². The lowest BCUT2D eigenvalue weighted by Gasteiger charge is -2.16. The number of amides is 1. The molecule has 0 atom stereocenters. The summed E-state index contributed by atoms with van der Waals surface area (Å²) < 4.78 is 0. The molecule has 136 valence electrons. The minimum Gasteiger partial charge on any atom is -0.358 e. The average Bonchev–Trinajstić information content (AvgIpc) is 3.02. The van der Waals surface area contributed by atoms with E-state index in [1.54, 1.807) is 0 Å². The molecular formula is C20H22ClN3OS. The van der Waals surface area contributed by atoms with Crippen LogP contribution in [0.4, 0.5) is 5.69 Å². The van der Waals surface area contributed by atoms with Gasteiger partial charge in [0.25, 0.3) is 0 Å². The van der Waals surface area contributed by atoms with Crippen LogP contribution in [0.5, 0.6) is 0 Å². The van der Waals surface area contributed by atoms with Crippen molar-refractivity contribution in [3.05, 3.63) is 64.2 Å². The van der Waals surface area contributed by atoms with E-state index in [1.807, 2.05) is 30.0 Å². The summed E-state index contributed by atoms with van der Waals surface area (Å²) in [5.74, 6) is 0.253. The van der Waals surface area contributed by atoms with E-state index in [2.05, 4.69) is 34.9 Å². The van der Waals surface area contributed by atoms with Gasteiger partial charge in [0.2, 0.25) is 5.91 Å². The normalized spacial score (nSPS) is 13.8. The maximum Gasteiger partial charge on any atom is 0.222 e. The van der Waals surface area contributed by atoms with Crippen LogP contribution in [0.2, 0.25) is 5.02 Å². The number of carbonyl (C=O) groups is 1. The van der Waals surface area contributed by atoms with E-state index in [0.29, 0.717) is 29.6 Å². The Morgan fingerprint density at radius 1 is 1.19 bits per heavy atom. The predicted molar refractivity (Wildman–Crippen MR) is 110 cm³/mol. The first-order valence-corrected chi connectivity index (χ1v) is 9.46. The monoisotopic (exact) mass is 387 g/mol. The molecule has 0 unspecified atom stereocenters. The number of hydrogen-bond acceptors (Lipinski definition) is 2. The third kappa shape index (κ3) is 4.96. The van der Waals surface area contributed by atoms with Crippen molar-refractivity contribution in [2.75, 3.05) is 11.9 Å². The zero-order valence-electron chi connectivity index (χ0n) is 14.7. The van der Waals surface area contributed by atoms with E-state index in [1.165, 1.54) is 0 Å². The molecule has 0 aromatic heterocycles. The van der Waals surface area contributed by atoms with Gasteiger partial charge in [-0.05, 0) is 54.4 Å². The zero-order valence-corrected chi connectivity index (χ0v) is 16.3. The van der Waals surface area contributed by atoms with Gasteiger partial charge in [0.05, 0.1) is 0 Å². The van der Waals surface area contributed by atoms with Gasteiger partial charge >= 0.3 is 0 Å². The Balaban J connectivity index is 1.48. The molecule has 1 amide bonds. The smallest absolute Gasteiger partial charge is 0.222 e. The van der Waals surface area contributed by atoms with Gasteiger partial charge in [0, 0.05) is 36.8 Å². The van der Waals surface area contributed by atoms with Gasteiger partial charge in [-0.1, -0.05) is 41.9 Å². The molecule has 1 aliphatic heterocycles. The van der Waals surface area contributed by atoms with Crippen LogP contribution in [-0.4, -0.2) is 22.5 Å². The van der Waals surface area contributed by atoms with Crippen molar-refractivity contribution in [1.82, 2.24) is 10.2 Å². The molecule has 0 radical (unpaired) electrons. The van der Waals surface area contributed by atoms with Gasteiger partial charge in [-0.3, -0.25) is 4.79 Å². The highest BCUT2D eigenvalue weighted by atomic mass is 35.5. The highest BCUT2D eigenvalue weighted by Crippen LogP contribution is 2.20. The molecule has 2 N–H and O–H groups in total. The summed E-state index contributed by atoms with van der Waals surface area (Å²) in [5, 5.41) is 7.60. The predicted octanol–water partition coefficient (Wildman–Crippen LogP) is 4.26. The van der Waals surface area contributed by atoms with Crippen molar-refractivity contribution in [2.24, 2.45) is 0 Å². The SMILES string of the molecule is Cc1ccc(NC(=S)NCc2ccc(CN3CCCC3=O)cc2)cc1Cl. The molecule has 1 fully saturated rings. The first-order chi connectivity index (χ1) is 12.5. The van der Waals surface area contributed by atoms with Crippen LogP contribution in [0.15, 0.2) is 42.5 Å². The largest absolute Gasteiger partial charge is 0.358 e. The van der Waals surface area contributed by atoms with Gasteiger partial charge in [-0.2, -0.15) is 0 Å². The molecule has 0 aliphatic carbocycles. The Labute approximate surface area is 164 Å².